The molecular weight excluding hydrogens is 258 g/mol. The molecule has 2 nitrogen and oxygen atoms in total. The summed E-state index contributed by atoms with van der Waals surface area (Å²) in [4.78, 5) is 0. The van der Waals surface area contributed by atoms with Gasteiger partial charge in [-0.05, 0) is 25.5 Å². The van der Waals surface area contributed by atoms with E-state index in [1.165, 1.54) is 69.8 Å². The summed E-state index contributed by atoms with van der Waals surface area (Å²) in [6.45, 7) is 2.90. The van der Waals surface area contributed by atoms with Crippen LogP contribution in [0.2, 0.25) is 0 Å². The van der Waals surface area contributed by atoms with Crippen LogP contribution in [0, 0.1) is 0 Å². The maximum absolute atomic E-state index is 5.97. The van der Waals surface area contributed by atoms with E-state index in [4.69, 9.17) is 4.74 Å². The highest BCUT2D eigenvalue weighted by Gasteiger charge is 2.03. The highest BCUT2D eigenvalue weighted by atomic mass is 16.5. The molecule has 0 aliphatic carbocycles. The highest BCUT2D eigenvalue weighted by molar-refractivity contribution is 5.33. The minimum atomic E-state index is 0.858. The molecule has 1 aliphatic rings. The van der Waals surface area contributed by atoms with Crippen molar-refractivity contribution in [1.29, 1.82) is 0 Å². The molecule has 0 atom stereocenters. The fraction of sp³-hybridized carbons (Fsp3) is 0.684. The molecule has 1 aliphatic heterocycles. The largest absolute Gasteiger partial charge is 0.493 e. The van der Waals surface area contributed by atoms with Gasteiger partial charge in [-0.3, -0.25) is 0 Å². The van der Waals surface area contributed by atoms with Gasteiger partial charge in [-0.25, -0.2) is 0 Å². The zero-order valence-corrected chi connectivity index (χ0v) is 13.4. The summed E-state index contributed by atoms with van der Waals surface area (Å²) < 4.78 is 5.97. The van der Waals surface area contributed by atoms with Gasteiger partial charge in [0.2, 0.25) is 0 Å². The van der Waals surface area contributed by atoms with Gasteiger partial charge in [0.05, 0.1) is 6.61 Å². The number of para-hydroxylation sites is 1. The van der Waals surface area contributed by atoms with Crippen LogP contribution in [0.5, 0.6) is 5.75 Å². The van der Waals surface area contributed by atoms with Gasteiger partial charge in [0.1, 0.15) is 5.75 Å². The summed E-state index contributed by atoms with van der Waals surface area (Å²) in [5.41, 5.74) is 1.29. The predicted molar refractivity (Wildman–Crippen MR) is 89.8 cm³/mol. The van der Waals surface area contributed by atoms with E-state index in [0.717, 1.165) is 25.4 Å². The average Bonchev–Trinajstić information content (AvgIpc) is 2.52. The topological polar surface area (TPSA) is 21.3 Å². The molecule has 21 heavy (non-hydrogen) atoms. The first-order valence-electron chi connectivity index (χ1n) is 8.88. The number of hydrogen-bond acceptors (Lipinski definition) is 2. The van der Waals surface area contributed by atoms with Crippen LogP contribution in [-0.4, -0.2) is 13.2 Å². The van der Waals surface area contributed by atoms with E-state index in [1.54, 1.807) is 0 Å². The van der Waals surface area contributed by atoms with Crippen LogP contribution >= 0.6 is 0 Å². The molecule has 0 aromatic heterocycles. The van der Waals surface area contributed by atoms with Gasteiger partial charge in [-0.15, -0.1) is 0 Å². The number of fused-ring (bicyclic) bond motifs is 1. The third-order valence-corrected chi connectivity index (χ3v) is 4.29. The van der Waals surface area contributed by atoms with E-state index in [9.17, 15) is 0 Å². The average molecular weight is 289 g/mol. The lowest BCUT2D eigenvalue weighted by Crippen LogP contribution is -2.15. The van der Waals surface area contributed by atoms with Gasteiger partial charge in [0.25, 0.3) is 0 Å². The maximum atomic E-state index is 5.97. The Kier molecular flexibility index (Phi) is 8.31. The van der Waals surface area contributed by atoms with Crippen LogP contribution in [0.4, 0.5) is 0 Å². The Morgan fingerprint density at radius 2 is 1.33 bits per heavy atom. The van der Waals surface area contributed by atoms with Crippen molar-refractivity contribution in [2.45, 2.75) is 70.8 Å². The summed E-state index contributed by atoms with van der Waals surface area (Å²) in [6, 6.07) is 8.45. The highest BCUT2D eigenvalue weighted by Crippen LogP contribution is 2.19. The van der Waals surface area contributed by atoms with Crippen LogP contribution in [0.1, 0.15) is 69.8 Å². The van der Waals surface area contributed by atoms with Crippen molar-refractivity contribution in [2.24, 2.45) is 0 Å². The molecule has 0 bridgehead atoms. The molecule has 0 amide bonds. The van der Waals surface area contributed by atoms with Gasteiger partial charge < -0.3 is 10.1 Å². The normalized spacial score (nSPS) is 20.0. The molecule has 1 N–H and O–H groups in total. The van der Waals surface area contributed by atoms with Crippen LogP contribution in [0.3, 0.4) is 0 Å². The Morgan fingerprint density at radius 3 is 2.10 bits per heavy atom. The summed E-state index contributed by atoms with van der Waals surface area (Å²) in [5, 5.41) is 3.56. The maximum Gasteiger partial charge on any atom is 0.123 e. The second-order valence-electron chi connectivity index (χ2n) is 6.17. The number of hydrogen-bond donors (Lipinski definition) is 1. The molecule has 1 heterocycles. The van der Waals surface area contributed by atoms with Crippen molar-refractivity contribution in [3.8, 4) is 5.75 Å². The van der Waals surface area contributed by atoms with Crippen molar-refractivity contribution < 1.29 is 4.74 Å². The van der Waals surface area contributed by atoms with Gasteiger partial charge >= 0.3 is 0 Å². The fourth-order valence-electron chi connectivity index (χ4n) is 2.96. The Hall–Kier alpha value is -1.02. The first-order valence-corrected chi connectivity index (χ1v) is 8.88. The van der Waals surface area contributed by atoms with Crippen molar-refractivity contribution >= 4 is 0 Å². The molecule has 0 fully saturated rings. The Morgan fingerprint density at radius 1 is 0.714 bits per heavy atom. The molecule has 0 radical (unpaired) electrons. The zero-order chi connectivity index (χ0) is 14.6. The lowest BCUT2D eigenvalue weighted by Gasteiger charge is -2.12. The zero-order valence-electron chi connectivity index (χ0n) is 13.4. The Labute approximate surface area is 130 Å². The molecule has 2 rings (SSSR count). The van der Waals surface area contributed by atoms with E-state index in [1.807, 2.05) is 0 Å². The Bertz CT molecular complexity index is 343. The third kappa shape index (κ3) is 6.99. The van der Waals surface area contributed by atoms with E-state index in [-0.39, 0.29) is 0 Å². The fourth-order valence-corrected chi connectivity index (χ4v) is 2.96. The molecule has 118 valence electrons. The van der Waals surface area contributed by atoms with Crippen molar-refractivity contribution in [1.82, 2.24) is 5.32 Å². The van der Waals surface area contributed by atoms with Gasteiger partial charge in [-0.1, -0.05) is 69.6 Å². The van der Waals surface area contributed by atoms with Crippen LogP contribution in [-0.2, 0) is 6.54 Å². The van der Waals surface area contributed by atoms with Crippen LogP contribution in [0.15, 0.2) is 24.3 Å². The number of ether oxygens (including phenoxy) is 1. The first-order chi connectivity index (χ1) is 10.5. The van der Waals surface area contributed by atoms with Crippen molar-refractivity contribution in [3.05, 3.63) is 29.8 Å². The number of benzene rings is 1. The van der Waals surface area contributed by atoms with E-state index >= 15 is 0 Å². The van der Waals surface area contributed by atoms with Gasteiger partial charge in [0, 0.05) is 12.1 Å². The summed E-state index contributed by atoms with van der Waals surface area (Å²) >= 11 is 0. The van der Waals surface area contributed by atoms with E-state index < -0.39 is 0 Å². The van der Waals surface area contributed by atoms with Crippen molar-refractivity contribution in [2.75, 3.05) is 13.2 Å². The lowest BCUT2D eigenvalue weighted by atomic mass is 10.1. The lowest BCUT2D eigenvalue weighted by molar-refractivity contribution is 0.300. The predicted octanol–water partition coefficient (Wildman–Crippen LogP) is 5.07. The molecule has 2 heteroatoms. The van der Waals surface area contributed by atoms with Crippen LogP contribution in [0.25, 0.3) is 0 Å². The number of nitrogens with one attached hydrogen (secondary N) is 1. The second kappa shape index (κ2) is 10.7. The first kappa shape index (κ1) is 16.4. The van der Waals surface area contributed by atoms with Gasteiger partial charge in [-0.2, -0.15) is 0 Å². The standard InChI is InChI=1S/C19H31NO/c1-2-4-6-8-12-16-21-19-14-10-9-13-18(19)17-20-15-11-7-5-3-1/h9-10,13-14,20H,1-8,11-12,15-17H2. The smallest absolute Gasteiger partial charge is 0.123 e. The minimum absolute atomic E-state index is 0.858. The third-order valence-electron chi connectivity index (χ3n) is 4.29. The summed E-state index contributed by atoms with van der Waals surface area (Å²) in [7, 11) is 0. The Balaban J connectivity index is 1.82. The number of rotatable bonds is 0. The molecule has 0 spiro atoms. The second-order valence-corrected chi connectivity index (χ2v) is 6.17. The molecule has 0 saturated heterocycles. The minimum Gasteiger partial charge on any atom is -0.493 e. The van der Waals surface area contributed by atoms with Crippen molar-refractivity contribution in [3.63, 3.8) is 0 Å². The monoisotopic (exact) mass is 289 g/mol. The molecule has 1 aromatic carbocycles. The summed E-state index contributed by atoms with van der Waals surface area (Å²) in [5.74, 6) is 1.06. The molecule has 1 aromatic rings. The summed E-state index contributed by atoms with van der Waals surface area (Å²) in [6.07, 6.45) is 13.6. The van der Waals surface area contributed by atoms with Crippen LogP contribution < -0.4 is 10.1 Å². The van der Waals surface area contributed by atoms with E-state index in [0.29, 0.717) is 0 Å². The molecular formula is C19H31NO. The molecule has 0 unspecified atom stereocenters. The molecule has 0 saturated carbocycles. The van der Waals surface area contributed by atoms with Gasteiger partial charge in [0.15, 0.2) is 0 Å². The quantitative estimate of drug-likeness (QED) is 0.720. The van der Waals surface area contributed by atoms with E-state index in [2.05, 4.69) is 29.6 Å². The SMILES string of the molecule is c1ccc2c(c1)CNCCCCCCCCCCCCO2.